The second-order valence-corrected chi connectivity index (χ2v) is 6.22. The standard InChI is InChI=1S/C18H21N3O3/c22-17(15-8-4-5-9-16(15)18(23)24)20-14-10-19-21(12-14)11-13-6-2-1-3-7-13/h1-3,6-7,10,12,15-16H,4-5,8-9,11H2,(H,20,22)(H,23,24)/p-1. The average Bonchev–Trinajstić information content (AvgIpc) is 3.02. The minimum atomic E-state index is -1.13. The van der Waals surface area contributed by atoms with Gasteiger partial charge in [-0.05, 0) is 18.4 Å². The van der Waals surface area contributed by atoms with Crippen molar-refractivity contribution in [2.24, 2.45) is 11.8 Å². The third kappa shape index (κ3) is 3.82. The number of nitrogens with one attached hydrogen (secondary N) is 1. The summed E-state index contributed by atoms with van der Waals surface area (Å²) >= 11 is 0. The van der Waals surface area contributed by atoms with Crippen LogP contribution in [0, 0.1) is 11.8 Å². The van der Waals surface area contributed by atoms with E-state index >= 15 is 0 Å². The van der Waals surface area contributed by atoms with Crippen LogP contribution in [0.15, 0.2) is 42.7 Å². The first kappa shape index (κ1) is 16.2. The first-order valence-corrected chi connectivity index (χ1v) is 8.21. The van der Waals surface area contributed by atoms with Gasteiger partial charge in [0.2, 0.25) is 5.91 Å². The van der Waals surface area contributed by atoms with Gasteiger partial charge in [-0.1, -0.05) is 43.2 Å². The lowest BCUT2D eigenvalue weighted by Crippen LogP contribution is -2.42. The number of carboxylic acid groups (broad SMARTS) is 1. The van der Waals surface area contributed by atoms with Crippen LogP contribution in [-0.2, 0) is 16.1 Å². The minimum Gasteiger partial charge on any atom is -0.550 e. The highest BCUT2D eigenvalue weighted by atomic mass is 16.4. The molecule has 6 nitrogen and oxygen atoms in total. The number of aliphatic carboxylic acids is 1. The Morgan fingerprint density at radius 2 is 1.88 bits per heavy atom. The molecule has 1 heterocycles. The molecule has 1 amide bonds. The summed E-state index contributed by atoms with van der Waals surface area (Å²) in [4.78, 5) is 23.6. The summed E-state index contributed by atoms with van der Waals surface area (Å²) in [6.07, 6.45) is 6.13. The van der Waals surface area contributed by atoms with E-state index in [1.165, 1.54) is 0 Å². The molecular formula is C18H20N3O3-. The van der Waals surface area contributed by atoms with Gasteiger partial charge in [0, 0.05) is 24.0 Å². The predicted octanol–water partition coefficient (Wildman–Crippen LogP) is 1.43. The summed E-state index contributed by atoms with van der Waals surface area (Å²) in [5.74, 6) is -2.61. The molecule has 24 heavy (non-hydrogen) atoms. The van der Waals surface area contributed by atoms with Gasteiger partial charge in [-0.25, -0.2) is 0 Å². The smallest absolute Gasteiger partial charge is 0.228 e. The van der Waals surface area contributed by atoms with Crippen molar-refractivity contribution < 1.29 is 14.7 Å². The van der Waals surface area contributed by atoms with Crippen molar-refractivity contribution in [1.29, 1.82) is 0 Å². The van der Waals surface area contributed by atoms with Crippen molar-refractivity contribution in [2.75, 3.05) is 5.32 Å². The third-order valence-corrected chi connectivity index (χ3v) is 4.49. The molecule has 2 atom stereocenters. The Morgan fingerprint density at radius 3 is 2.58 bits per heavy atom. The van der Waals surface area contributed by atoms with Crippen molar-refractivity contribution in [3.05, 3.63) is 48.3 Å². The molecule has 3 rings (SSSR count). The molecule has 1 aliphatic carbocycles. The Balaban J connectivity index is 1.63. The molecule has 0 spiro atoms. The molecule has 1 aliphatic rings. The van der Waals surface area contributed by atoms with Gasteiger partial charge in [0.25, 0.3) is 0 Å². The molecule has 0 radical (unpaired) electrons. The van der Waals surface area contributed by atoms with Gasteiger partial charge in [-0.15, -0.1) is 0 Å². The molecule has 2 unspecified atom stereocenters. The number of carboxylic acids is 1. The predicted molar refractivity (Wildman–Crippen MR) is 86.9 cm³/mol. The molecular weight excluding hydrogens is 306 g/mol. The number of anilines is 1. The normalized spacial score (nSPS) is 20.5. The van der Waals surface area contributed by atoms with Gasteiger partial charge in [0.05, 0.1) is 18.4 Å². The quantitative estimate of drug-likeness (QED) is 0.900. The lowest BCUT2D eigenvalue weighted by Gasteiger charge is -2.30. The molecule has 1 N–H and O–H groups in total. The van der Waals surface area contributed by atoms with E-state index in [2.05, 4.69) is 10.4 Å². The van der Waals surface area contributed by atoms with Crippen LogP contribution in [0.1, 0.15) is 31.2 Å². The van der Waals surface area contributed by atoms with Gasteiger partial charge in [-0.3, -0.25) is 9.48 Å². The molecule has 0 bridgehead atoms. The molecule has 2 aromatic rings. The zero-order valence-corrected chi connectivity index (χ0v) is 13.4. The molecule has 1 aromatic carbocycles. The molecule has 0 aliphatic heterocycles. The van der Waals surface area contributed by atoms with Gasteiger partial charge in [0.1, 0.15) is 0 Å². The number of carbonyl (C=O) groups excluding carboxylic acids is 2. The second-order valence-electron chi connectivity index (χ2n) is 6.22. The van der Waals surface area contributed by atoms with Crippen molar-refractivity contribution in [3.63, 3.8) is 0 Å². The summed E-state index contributed by atoms with van der Waals surface area (Å²) in [7, 11) is 0. The van der Waals surface area contributed by atoms with Crippen molar-refractivity contribution >= 4 is 17.6 Å². The van der Waals surface area contributed by atoms with E-state index in [0.29, 0.717) is 25.1 Å². The van der Waals surface area contributed by atoms with Crippen LogP contribution in [0.5, 0.6) is 0 Å². The maximum atomic E-state index is 12.4. The Morgan fingerprint density at radius 1 is 1.17 bits per heavy atom. The fourth-order valence-electron chi connectivity index (χ4n) is 3.25. The lowest BCUT2D eigenvalue weighted by atomic mass is 9.78. The van der Waals surface area contributed by atoms with E-state index in [0.717, 1.165) is 18.4 Å². The topological polar surface area (TPSA) is 87.0 Å². The average molecular weight is 326 g/mol. The minimum absolute atomic E-state index is 0.261. The Bertz CT molecular complexity index is 711. The SMILES string of the molecule is O=C([O-])C1CCCCC1C(=O)Nc1cnn(Cc2ccccc2)c1. The van der Waals surface area contributed by atoms with Crippen LogP contribution < -0.4 is 10.4 Å². The molecule has 126 valence electrons. The van der Waals surface area contributed by atoms with Crippen LogP contribution >= 0.6 is 0 Å². The number of carbonyl (C=O) groups is 2. The summed E-state index contributed by atoms with van der Waals surface area (Å²) in [6.45, 7) is 0.613. The zero-order valence-electron chi connectivity index (χ0n) is 13.4. The lowest BCUT2D eigenvalue weighted by molar-refractivity contribution is -0.313. The molecule has 1 aromatic heterocycles. The number of amides is 1. The van der Waals surface area contributed by atoms with E-state index < -0.39 is 17.8 Å². The highest BCUT2D eigenvalue weighted by molar-refractivity contribution is 5.94. The molecule has 6 heteroatoms. The van der Waals surface area contributed by atoms with Crippen LogP contribution in [-0.4, -0.2) is 21.7 Å². The van der Waals surface area contributed by atoms with Gasteiger partial charge >= 0.3 is 0 Å². The highest BCUT2D eigenvalue weighted by Crippen LogP contribution is 2.30. The number of nitrogens with zero attached hydrogens (tertiary/aromatic N) is 2. The highest BCUT2D eigenvalue weighted by Gasteiger charge is 2.31. The molecule has 0 saturated heterocycles. The van der Waals surface area contributed by atoms with E-state index in [1.54, 1.807) is 17.1 Å². The van der Waals surface area contributed by atoms with Gasteiger partial charge in [0.15, 0.2) is 0 Å². The maximum Gasteiger partial charge on any atom is 0.228 e. The summed E-state index contributed by atoms with van der Waals surface area (Å²) < 4.78 is 1.74. The number of aromatic nitrogens is 2. The van der Waals surface area contributed by atoms with Crippen molar-refractivity contribution in [2.45, 2.75) is 32.2 Å². The fourth-order valence-corrected chi connectivity index (χ4v) is 3.25. The van der Waals surface area contributed by atoms with Crippen molar-refractivity contribution in [3.8, 4) is 0 Å². The van der Waals surface area contributed by atoms with E-state index in [-0.39, 0.29) is 5.91 Å². The maximum absolute atomic E-state index is 12.4. The Hall–Kier alpha value is -2.63. The van der Waals surface area contributed by atoms with E-state index in [1.807, 2.05) is 30.3 Å². The Kier molecular flexibility index (Phi) is 4.93. The number of hydrogen-bond acceptors (Lipinski definition) is 4. The van der Waals surface area contributed by atoms with Crippen LogP contribution in [0.4, 0.5) is 5.69 Å². The zero-order chi connectivity index (χ0) is 16.9. The number of rotatable bonds is 5. The van der Waals surface area contributed by atoms with E-state index in [4.69, 9.17) is 0 Å². The molecule has 1 fully saturated rings. The van der Waals surface area contributed by atoms with Gasteiger partial charge in [-0.2, -0.15) is 5.10 Å². The van der Waals surface area contributed by atoms with Gasteiger partial charge < -0.3 is 15.2 Å². The third-order valence-electron chi connectivity index (χ3n) is 4.49. The Labute approximate surface area is 140 Å². The first-order valence-electron chi connectivity index (χ1n) is 8.21. The number of benzene rings is 1. The van der Waals surface area contributed by atoms with Crippen LogP contribution in [0.3, 0.4) is 0 Å². The second kappa shape index (κ2) is 7.29. The summed E-state index contributed by atoms with van der Waals surface area (Å²) in [5.41, 5.74) is 1.70. The van der Waals surface area contributed by atoms with E-state index in [9.17, 15) is 14.7 Å². The molecule has 1 saturated carbocycles. The fraction of sp³-hybridized carbons (Fsp3) is 0.389. The summed E-state index contributed by atoms with van der Waals surface area (Å²) in [6, 6.07) is 9.89. The summed E-state index contributed by atoms with van der Waals surface area (Å²) in [5, 5.41) is 18.2. The van der Waals surface area contributed by atoms with Crippen molar-refractivity contribution in [1.82, 2.24) is 9.78 Å². The monoisotopic (exact) mass is 326 g/mol. The van der Waals surface area contributed by atoms with Crippen LogP contribution in [0.25, 0.3) is 0 Å². The first-order chi connectivity index (χ1) is 11.6. The van der Waals surface area contributed by atoms with Crippen LogP contribution in [0.2, 0.25) is 0 Å². The number of hydrogen-bond donors (Lipinski definition) is 1. The largest absolute Gasteiger partial charge is 0.550 e.